The van der Waals surface area contributed by atoms with Gasteiger partial charge in [0.25, 0.3) is 0 Å². The summed E-state index contributed by atoms with van der Waals surface area (Å²) in [6.07, 6.45) is 1.22. The van der Waals surface area contributed by atoms with E-state index in [0.717, 1.165) is 13.1 Å². The molecule has 1 heterocycles. The Morgan fingerprint density at radius 2 is 2.25 bits per heavy atom. The number of nitrogens with zero attached hydrogens (tertiary/aromatic N) is 1. The molecule has 2 atom stereocenters. The van der Waals surface area contributed by atoms with Gasteiger partial charge in [0.05, 0.1) is 6.04 Å². The molecule has 1 amide bonds. The van der Waals surface area contributed by atoms with Crippen LogP contribution >= 0.6 is 0 Å². The van der Waals surface area contributed by atoms with Crippen molar-refractivity contribution >= 4 is 5.91 Å². The van der Waals surface area contributed by atoms with E-state index in [9.17, 15) is 4.79 Å². The van der Waals surface area contributed by atoms with Crippen LogP contribution in [0.5, 0.6) is 0 Å². The highest BCUT2D eigenvalue weighted by atomic mass is 16.1. The first kappa shape index (κ1) is 13.4. The molecule has 5 N–H and O–H groups in total. The van der Waals surface area contributed by atoms with Crippen molar-refractivity contribution in [3.8, 4) is 0 Å². The van der Waals surface area contributed by atoms with E-state index in [-0.39, 0.29) is 0 Å². The predicted octanol–water partition coefficient (Wildman–Crippen LogP) is -0.881. The zero-order valence-electron chi connectivity index (χ0n) is 10.3. The molecule has 1 aliphatic rings. The van der Waals surface area contributed by atoms with Crippen molar-refractivity contribution in [3.05, 3.63) is 0 Å². The Bertz CT molecular complexity index is 232. The van der Waals surface area contributed by atoms with Gasteiger partial charge in [-0.05, 0) is 39.3 Å². The molecule has 0 bridgehead atoms. The molecule has 5 heteroatoms. The Morgan fingerprint density at radius 1 is 1.56 bits per heavy atom. The third kappa shape index (κ3) is 4.08. The van der Waals surface area contributed by atoms with Gasteiger partial charge in [-0.3, -0.25) is 4.79 Å². The average Bonchev–Trinajstić information content (AvgIpc) is 2.66. The molecule has 0 saturated carbocycles. The predicted molar refractivity (Wildman–Crippen MR) is 64.9 cm³/mol. The second kappa shape index (κ2) is 6.18. The van der Waals surface area contributed by atoms with Crippen molar-refractivity contribution in [1.82, 2.24) is 10.2 Å². The number of hydrogen-bond donors (Lipinski definition) is 3. The molecule has 0 aromatic rings. The maximum absolute atomic E-state index is 10.7. The zero-order valence-corrected chi connectivity index (χ0v) is 10.3. The van der Waals surface area contributed by atoms with Gasteiger partial charge in [-0.15, -0.1) is 0 Å². The minimum atomic E-state index is -0.567. The van der Waals surface area contributed by atoms with Gasteiger partial charge in [-0.2, -0.15) is 0 Å². The first-order chi connectivity index (χ1) is 7.50. The number of carbonyl (C=O) groups is 1. The largest absolute Gasteiger partial charge is 0.368 e. The van der Waals surface area contributed by atoms with Gasteiger partial charge in [0.2, 0.25) is 5.91 Å². The number of carbonyl (C=O) groups excluding carboxylic acids is 1. The molecule has 0 aromatic heterocycles. The van der Waals surface area contributed by atoms with Crippen LogP contribution in [0, 0.1) is 5.92 Å². The van der Waals surface area contributed by atoms with Crippen LogP contribution in [-0.2, 0) is 4.79 Å². The Kier molecular flexibility index (Phi) is 5.18. The van der Waals surface area contributed by atoms with Crippen LogP contribution in [0.25, 0.3) is 0 Å². The van der Waals surface area contributed by atoms with E-state index >= 15 is 0 Å². The lowest BCUT2D eigenvalue weighted by Gasteiger charge is -2.20. The molecule has 94 valence electrons. The minimum absolute atomic E-state index is 0.442. The van der Waals surface area contributed by atoms with E-state index in [1.54, 1.807) is 0 Å². The average molecular weight is 228 g/mol. The number of rotatable bonds is 6. The molecule has 2 unspecified atom stereocenters. The quantitative estimate of drug-likeness (QED) is 0.551. The Morgan fingerprint density at radius 3 is 2.75 bits per heavy atom. The summed E-state index contributed by atoms with van der Waals surface area (Å²) in [6.45, 7) is 8.15. The SMILES string of the molecule is CC(C)N1CCC(CNCC(N)C(N)=O)C1. The molecule has 1 fully saturated rings. The molecule has 5 nitrogen and oxygen atoms in total. The van der Waals surface area contributed by atoms with E-state index in [1.165, 1.54) is 13.0 Å². The van der Waals surface area contributed by atoms with Crippen LogP contribution in [0.2, 0.25) is 0 Å². The van der Waals surface area contributed by atoms with Crippen LogP contribution < -0.4 is 16.8 Å². The summed E-state index contributed by atoms with van der Waals surface area (Å²) < 4.78 is 0. The van der Waals surface area contributed by atoms with E-state index in [0.29, 0.717) is 18.5 Å². The Hall–Kier alpha value is -0.650. The minimum Gasteiger partial charge on any atom is -0.368 e. The van der Waals surface area contributed by atoms with E-state index in [2.05, 4.69) is 24.1 Å². The molecule has 0 spiro atoms. The number of primary amides is 1. The fourth-order valence-corrected chi connectivity index (χ4v) is 2.04. The molecule has 1 aliphatic heterocycles. The lowest BCUT2D eigenvalue weighted by Crippen LogP contribution is -2.45. The summed E-state index contributed by atoms with van der Waals surface area (Å²) in [7, 11) is 0. The van der Waals surface area contributed by atoms with Gasteiger partial charge in [0.15, 0.2) is 0 Å². The highest BCUT2D eigenvalue weighted by Gasteiger charge is 2.23. The first-order valence-electron chi connectivity index (χ1n) is 6.00. The number of hydrogen-bond acceptors (Lipinski definition) is 4. The maximum Gasteiger partial charge on any atom is 0.235 e. The van der Waals surface area contributed by atoms with Crippen molar-refractivity contribution in [3.63, 3.8) is 0 Å². The topological polar surface area (TPSA) is 84.4 Å². The molecule has 0 aromatic carbocycles. The smallest absolute Gasteiger partial charge is 0.235 e. The highest BCUT2D eigenvalue weighted by molar-refractivity contribution is 5.79. The van der Waals surface area contributed by atoms with Gasteiger partial charge in [0, 0.05) is 19.1 Å². The number of nitrogens with one attached hydrogen (secondary N) is 1. The molecule has 1 saturated heterocycles. The van der Waals surface area contributed by atoms with Crippen LogP contribution in [0.3, 0.4) is 0 Å². The summed E-state index contributed by atoms with van der Waals surface area (Å²) in [5.74, 6) is 0.227. The fourth-order valence-electron chi connectivity index (χ4n) is 2.04. The second-order valence-electron chi connectivity index (χ2n) is 4.91. The van der Waals surface area contributed by atoms with Gasteiger partial charge in [-0.1, -0.05) is 0 Å². The van der Waals surface area contributed by atoms with Crippen molar-refractivity contribution in [2.75, 3.05) is 26.2 Å². The molecule has 16 heavy (non-hydrogen) atoms. The standard InChI is InChI=1S/C11H24N4O/c1-8(2)15-4-3-9(7-15)5-14-6-10(12)11(13)16/h8-10,14H,3-7,12H2,1-2H3,(H2,13,16). The van der Waals surface area contributed by atoms with E-state index in [1.807, 2.05) is 0 Å². The third-order valence-corrected chi connectivity index (χ3v) is 3.21. The fraction of sp³-hybridized carbons (Fsp3) is 0.909. The second-order valence-corrected chi connectivity index (χ2v) is 4.91. The lowest BCUT2D eigenvalue weighted by molar-refractivity contribution is -0.119. The van der Waals surface area contributed by atoms with Crippen LogP contribution in [-0.4, -0.2) is 49.1 Å². The maximum atomic E-state index is 10.7. The van der Waals surface area contributed by atoms with Gasteiger partial charge < -0.3 is 21.7 Å². The Balaban J connectivity index is 2.13. The molecular weight excluding hydrogens is 204 g/mol. The molecule has 1 rings (SSSR count). The van der Waals surface area contributed by atoms with E-state index < -0.39 is 11.9 Å². The van der Waals surface area contributed by atoms with Crippen molar-refractivity contribution < 1.29 is 4.79 Å². The molecule has 0 radical (unpaired) electrons. The van der Waals surface area contributed by atoms with Crippen molar-refractivity contribution in [2.45, 2.75) is 32.4 Å². The Labute approximate surface area is 97.5 Å². The van der Waals surface area contributed by atoms with Gasteiger partial charge in [0.1, 0.15) is 0 Å². The van der Waals surface area contributed by atoms with E-state index in [4.69, 9.17) is 11.5 Å². The number of amides is 1. The first-order valence-corrected chi connectivity index (χ1v) is 6.00. The summed E-state index contributed by atoms with van der Waals surface area (Å²) in [5, 5.41) is 3.22. The van der Waals surface area contributed by atoms with Crippen molar-refractivity contribution in [1.29, 1.82) is 0 Å². The number of likely N-dealkylation sites (tertiary alicyclic amines) is 1. The third-order valence-electron chi connectivity index (χ3n) is 3.21. The molecule has 0 aliphatic carbocycles. The number of nitrogens with two attached hydrogens (primary N) is 2. The monoisotopic (exact) mass is 228 g/mol. The molecular formula is C11H24N4O. The van der Waals surface area contributed by atoms with Crippen LogP contribution in [0.4, 0.5) is 0 Å². The summed E-state index contributed by atoms with van der Waals surface area (Å²) in [5.41, 5.74) is 10.6. The van der Waals surface area contributed by atoms with Gasteiger partial charge in [-0.25, -0.2) is 0 Å². The van der Waals surface area contributed by atoms with Crippen LogP contribution in [0.1, 0.15) is 20.3 Å². The van der Waals surface area contributed by atoms with Crippen molar-refractivity contribution in [2.24, 2.45) is 17.4 Å². The summed E-state index contributed by atoms with van der Waals surface area (Å²) in [4.78, 5) is 13.2. The van der Waals surface area contributed by atoms with Gasteiger partial charge >= 0.3 is 0 Å². The zero-order chi connectivity index (χ0) is 12.1. The van der Waals surface area contributed by atoms with Crippen LogP contribution in [0.15, 0.2) is 0 Å². The lowest BCUT2D eigenvalue weighted by atomic mass is 10.1. The highest BCUT2D eigenvalue weighted by Crippen LogP contribution is 2.17. The summed E-state index contributed by atoms with van der Waals surface area (Å²) in [6, 6.07) is 0.0560. The summed E-state index contributed by atoms with van der Waals surface area (Å²) >= 11 is 0. The normalized spacial score (nSPS) is 23.9.